The Balaban J connectivity index is 3.62. The smallest absolute Gasteiger partial charge is 0.259 e. The Morgan fingerprint density at radius 3 is 2.25 bits per heavy atom. The van der Waals surface area contributed by atoms with Gasteiger partial charge in [0.25, 0.3) is 5.56 Å². The highest BCUT2D eigenvalue weighted by molar-refractivity contribution is 5.77. The molecule has 3 nitrogen and oxygen atoms in total. The fraction of sp³-hybridized carbons (Fsp3) is 0.333. The second-order valence-corrected chi connectivity index (χ2v) is 2.86. The van der Waals surface area contributed by atoms with Gasteiger partial charge in [-0.1, -0.05) is 0 Å². The van der Waals surface area contributed by atoms with Gasteiger partial charge in [-0.3, -0.25) is 9.59 Å². The highest BCUT2D eigenvalue weighted by atomic mass is 16.1. The number of rotatable bonds is 1. The molecule has 1 aromatic rings. The lowest BCUT2D eigenvalue weighted by Gasteiger charge is -2.04. The molecule has 0 unspecified atom stereocenters. The van der Waals surface area contributed by atoms with Crippen molar-refractivity contribution in [2.24, 2.45) is 0 Å². The summed E-state index contributed by atoms with van der Waals surface area (Å²) in [6.07, 6.45) is 0.598. The van der Waals surface area contributed by atoms with Crippen molar-refractivity contribution < 1.29 is 4.79 Å². The molecular formula is C9H11NO2. The maximum Gasteiger partial charge on any atom is 0.259 e. The summed E-state index contributed by atoms with van der Waals surface area (Å²) < 4.78 is 0. The SMILES string of the molecule is Cc1[nH]c(=O)c(C=O)c(C)c1C. The standard InChI is InChI=1S/C9H11NO2/c1-5-6(2)8(4-11)9(12)10-7(5)3/h4H,1-3H3,(H,10,12). The lowest BCUT2D eigenvalue weighted by atomic mass is 10.1. The minimum absolute atomic E-state index is 0.234. The van der Waals surface area contributed by atoms with Gasteiger partial charge in [-0.15, -0.1) is 0 Å². The Morgan fingerprint density at radius 2 is 1.75 bits per heavy atom. The maximum absolute atomic E-state index is 11.2. The van der Waals surface area contributed by atoms with Gasteiger partial charge in [0.1, 0.15) is 0 Å². The molecule has 0 saturated heterocycles. The molecule has 0 radical (unpaired) electrons. The first-order valence-electron chi connectivity index (χ1n) is 3.73. The molecule has 0 amide bonds. The van der Waals surface area contributed by atoms with Crippen LogP contribution in [0.25, 0.3) is 0 Å². The topological polar surface area (TPSA) is 49.9 Å². The van der Waals surface area contributed by atoms with Gasteiger partial charge in [-0.2, -0.15) is 0 Å². The van der Waals surface area contributed by atoms with Gasteiger partial charge in [-0.05, 0) is 31.9 Å². The molecule has 1 N–H and O–H groups in total. The predicted molar refractivity (Wildman–Crippen MR) is 46.7 cm³/mol. The van der Waals surface area contributed by atoms with E-state index in [-0.39, 0.29) is 11.1 Å². The van der Waals surface area contributed by atoms with E-state index in [0.717, 1.165) is 16.8 Å². The molecule has 1 rings (SSSR count). The summed E-state index contributed by atoms with van der Waals surface area (Å²) in [5.74, 6) is 0. The first kappa shape index (κ1) is 8.71. The summed E-state index contributed by atoms with van der Waals surface area (Å²) in [5, 5.41) is 0. The van der Waals surface area contributed by atoms with Crippen LogP contribution in [0.15, 0.2) is 4.79 Å². The van der Waals surface area contributed by atoms with Crippen molar-refractivity contribution in [3.05, 3.63) is 32.7 Å². The van der Waals surface area contributed by atoms with Crippen LogP contribution in [-0.4, -0.2) is 11.3 Å². The van der Waals surface area contributed by atoms with Crippen LogP contribution >= 0.6 is 0 Å². The van der Waals surface area contributed by atoms with Crippen molar-refractivity contribution in [2.45, 2.75) is 20.8 Å². The molecule has 0 aliphatic heterocycles. The number of pyridine rings is 1. The first-order valence-corrected chi connectivity index (χ1v) is 3.73. The van der Waals surface area contributed by atoms with Crippen LogP contribution in [0.5, 0.6) is 0 Å². The monoisotopic (exact) mass is 165 g/mol. The van der Waals surface area contributed by atoms with Gasteiger partial charge >= 0.3 is 0 Å². The molecule has 0 bridgehead atoms. The second-order valence-electron chi connectivity index (χ2n) is 2.86. The van der Waals surface area contributed by atoms with Crippen molar-refractivity contribution in [2.75, 3.05) is 0 Å². The Morgan fingerprint density at radius 1 is 1.17 bits per heavy atom. The van der Waals surface area contributed by atoms with Crippen LogP contribution in [0.4, 0.5) is 0 Å². The zero-order chi connectivity index (χ0) is 9.30. The zero-order valence-corrected chi connectivity index (χ0v) is 7.39. The fourth-order valence-electron chi connectivity index (χ4n) is 1.13. The lowest BCUT2D eigenvalue weighted by Crippen LogP contribution is -2.16. The molecule has 0 aliphatic carbocycles. The average molecular weight is 165 g/mol. The molecule has 1 aromatic heterocycles. The Labute approximate surface area is 70.4 Å². The molecule has 0 atom stereocenters. The number of hydrogen-bond acceptors (Lipinski definition) is 2. The van der Waals surface area contributed by atoms with Crippen molar-refractivity contribution in [1.82, 2.24) is 4.98 Å². The van der Waals surface area contributed by atoms with Gasteiger partial charge in [0.05, 0.1) is 5.56 Å². The number of carbonyl (C=O) groups excluding carboxylic acids is 1. The molecule has 12 heavy (non-hydrogen) atoms. The quantitative estimate of drug-likeness (QED) is 0.634. The molecule has 0 fully saturated rings. The molecule has 1 heterocycles. The minimum Gasteiger partial charge on any atom is -0.326 e. The molecule has 3 heteroatoms. The van der Waals surface area contributed by atoms with Crippen LogP contribution in [0, 0.1) is 20.8 Å². The Bertz CT molecular complexity index is 377. The molecular weight excluding hydrogens is 154 g/mol. The predicted octanol–water partition coefficient (Wildman–Crippen LogP) is 1.11. The van der Waals surface area contributed by atoms with E-state index in [1.54, 1.807) is 6.92 Å². The van der Waals surface area contributed by atoms with Crippen molar-refractivity contribution >= 4 is 6.29 Å². The Kier molecular flexibility index (Phi) is 2.13. The summed E-state index contributed by atoms with van der Waals surface area (Å²) in [6, 6.07) is 0. The van der Waals surface area contributed by atoms with E-state index in [1.807, 2.05) is 13.8 Å². The third-order valence-corrected chi connectivity index (χ3v) is 2.19. The number of H-pyrrole nitrogens is 1. The summed E-state index contributed by atoms with van der Waals surface area (Å²) >= 11 is 0. The minimum atomic E-state index is -0.300. The number of nitrogens with one attached hydrogen (secondary N) is 1. The van der Waals surface area contributed by atoms with Crippen LogP contribution < -0.4 is 5.56 Å². The number of aryl methyl sites for hydroxylation is 1. The number of hydrogen-bond donors (Lipinski definition) is 1. The van der Waals surface area contributed by atoms with E-state index in [9.17, 15) is 9.59 Å². The summed E-state index contributed by atoms with van der Waals surface area (Å²) in [6.45, 7) is 5.48. The molecule has 64 valence electrons. The second kappa shape index (κ2) is 2.93. The number of aldehydes is 1. The van der Waals surface area contributed by atoms with E-state index in [1.165, 1.54) is 0 Å². The largest absolute Gasteiger partial charge is 0.326 e. The number of carbonyl (C=O) groups is 1. The average Bonchev–Trinajstić information content (AvgIpc) is 2.01. The molecule has 0 saturated carbocycles. The van der Waals surface area contributed by atoms with E-state index in [2.05, 4.69) is 4.98 Å². The third kappa shape index (κ3) is 1.18. The lowest BCUT2D eigenvalue weighted by molar-refractivity contribution is 0.112. The van der Waals surface area contributed by atoms with Gasteiger partial charge in [-0.25, -0.2) is 0 Å². The molecule has 0 aliphatic rings. The fourth-order valence-corrected chi connectivity index (χ4v) is 1.13. The normalized spacial score (nSPS) is 9.92. The third-order valence-electron chi connectivity index (χ3n) is 2.19. The summed E-state index contributed by atoms with van der Waals surface area (Å²) in [7, 11) is 0. The van der Waals surface area contributed by atoms with Gasteiger partial charge in [0.2, 0.25) is 0 Å². The summed E-state index contributed by atoms with van der Waals surface area (Å²) in [4.78, 5) is 24.3. The zero-order valence-electron chi connectivity index (χ0n) is 7.39. The van der Waals surface area contributed by atoms with Crippen molar-refractivity contribution in [1.29, 1.82) is 0 Å². The first-order chi connectivity index (χ1) is 5.57. The van der Waals surface area contributed by atoms with Crippen LogP contribution in [0.2, 0.25) is 0 Å². The van der Waals surface area contributed by atoms with Crippen LogP contribution in [-0.2, 0) is 0 Å². The summed E-state index contributed by atoms with van der Waals surface area (Å²) in [5.41, 5.74) is 2.50. The van der Waals surface area contributed by atoms with Gasteiger partial charge in [0, 0.05) is 5.69 Å². The highest BCUT2D eigenvalue weighted by Crippen LogP contribution is 2.09. The maximum atomic E-state index is 11.2. The number of aromatic nitrogens is 1. The van der Waals surface area contributed by atoms with E-state index >= 15 is 0 Å². The van der Waals surface area contributed by atoms with Crippen molar-refractivity contribution in [3.8, 4) is 0 Å². The van der Waals surface area contributed by atoms with Crippen LogP contribution in [0.3, 0.4) is 0 Å². The van der Waals surface area contributed by atoms with Crippen molar-refractivity contribution in [3.63, 3.8) is 0 Å². The molecule has 0 spiro atoms. The molecule has 0 aromatic carbocycles. The van der Waals surface area contributed by atoms with E-state index < -0.39 is 0 Å². The van der Waals surface area contributed by atoms with Crippen LogP contribution in [0.1, 0.15) is 27.2 Å². The van der Waals surface area contributed by atoms with E-state index in [4.69, 9.17) is 0 Å². The number of aromatic amines is 1. The van der Waals surface area contributed by atoms with Gasteiger partial charge < -0.3 is 4.98 Å². The highest BCUT2D eigenvalue weighted by Gasteiger charge is 2.06. The Hall–Kier alpha value is -1.38. The van der Waals surface area contributed by atoms with Gasteiger partial charge in [0.15, 0.2) is 6.29 Å². The van der Waals surface area contributed by atoms with E-state index in [0.29, 0.717) is 6.29 Å².